The number of aryl methyl sites for hydroxylation is 1. The number of nitrogens with zero attached hydrogens (tertiary/aromatic N) is 2. The van der Waals surface area contributed by atoms with Crippen molar-refractivity contribution in [1.82, 2.24) is 9.78 Å². The first-order valence-electron chi connectivity index (χ1n) is 7.71. The van der Waals surface area contributed by atoms with Crippen LogP contribution in [0.4, 0.5) is 17.6 Å². The van der Waals surface area contributed by atoms with Gasteiger partial charge in [-0.1, -0.05) is 23.8 Å². The Balaban J connectivity index is 2.23. The topological polar surface area (TPSA) is 52.0 Å². The Morgan fingerprint density at radius 1 is 1.04 bits per heavy atom. The van der Waals surface area contributed by atoms with Crippen molar-refractivity contribution in [2.75, 3.05) is 6.26 Å². The maximum absolute atomic E-state index is 14.2. The van der Waals surface area contributed by atoms with E-state index in [2.05, 4.69) is 5.10 Å². The van der Waals surface area contributed by atoms with E-state index in [-0.39, 0.29) is 11.4 Å². The van der Waals surface area contributed by atoms with E-state index < -0.39 is 32.4 Å². The molecular formula is C18H14F4N2O2S. The predicted octanol–water partition coefficient (Wildman–Crippen LogP) is 4.41. The van der Waals surface area contributed by atoms with Crippen molar-refractivity contribution in [1.29, 1.82) is 0 Å². The van der Waals surface area contributed by atoms with Gasteiger partial charge in [0.1, 0.15) is 10.7 Å². The summed E-state index contributed by atoms with van der Waals surface area (Å²) in [6.45, 7) is 1.79. The Morgan fingerprint density at radius 3 is 2.30 bits per heavy atom. The fraction of sp³-hybridized carbons (Fsp3) is 0.167. The standard InChI is InChI=1S/C18H14F4N2O2S/c1-11-4-3-5-12(8-11)15-10-17(18(20,21)22)23-24(15)13-6-7-16(14(19)9-13)27(2,25)26/h3-10H,1-2H3. The second-order valence-electron chi connectivity index (χ2n) is 6.08. The van der Waals surface area contributed by atoms with Gasteiger partial charge in [-0.3, -0.25) is 0 Å². The second kappa shape index (κ2) is 6.49. The van der Waals surface area contributed by atoms with Crippen molar-refractivity contribution < 1.29 is 26.0 Å². The Kier molecular flexibility index (Phi) is 4.59. The van der Waals surface area contributed by atoms with Gasteiger partial charge in [-0.15, -0.1) is 0 Å². The zero-order valence-corrected chi connectivity index (χ0v) is 15.1. The summed E-state index contributed by atoms with van der Waals surface area (Å²) in [6.07, 6.45) is -3.84. The molecule has 0 aliphatic heterocycles. The normalized spacial score (nSPS) is 12.4. The molecule has 0 saturated carbocycles. The lowest BCUT2D eigenvalue weighted by Crippen LogP contribution is -2.08. The van der Waals surface area contributed by atoms with Crippen LogP contribution in [0.2, 0.25) is 0 Å². The van der Waals surface area contributed by atoms with Gasteiger partial charge in [0.15, 0.2) is 15.5 Å². The first-order valence-corrected chi connectivity index (χ1v) is 9.60. The van der Waals surface area contributed by atoms with Crippen LogP contribution in [0.25, 0.3) is 16.9 Å². The van der Waals surface area contributed by atoms with Crippen LogP contribution in [-0.2, 0) is 16.0 Å². The van der Waals surface area contributed by atoms with Crippen LogP contribution in [0.3, 0.4) is 0 Å². The lowest BCUT2D eigenvalue weighted by Gasteiger charge is -2.10. The average molecular weight is 398 g/mol. The average Bonchev–Trinajstić information content (AvgIpc) is 2.99. The molecule has 0 unspecified atom stereocenters. The molecule has 0 N–H and O–H groups in total. The van der Waals surface area contributed by atoms with Crippen LogP contribution >= 0.6 is 0 Å². The minimum absolute atomic E-state index is 0.0214. The van der Waals surface area contributed by atoms with E-state index in [1.165, 1.54) is 6.07 Å². The van der Waals surface area contributed by atoms with Crippen LogP contribution in [0, 0.1) is 12.7 Å². The highest BCUT2D eigenvalue weighted by Crippen LogP contribution is 2.33. The van der Waals surface area contributed by atoms with E-state index in [1.54, 1.807) is 31.2 Å². The van der Waals surface area contributed by atoms with Crippen LogP contribution in [0.15, 0.2) is 53.4 Å². The largest absolute Gasteiger partial charge is 0.435 e. The van der Waals surface area contributed by atoms with Crippen LogP contribution < -0.4 is 0 Å². The number of sulfone groups is 1. The summed E-state index contributed by atoms with van der Waals surface area (Å²) in [5, 5.41) is 3.57. The van der Waals surface area contributed by atoms with E-state index >= 15 is 0 Å². The number of aromatic nitrogens is 2. The molecule has 0 spiro atoms. The van der Waals surface area contributed by atoms with E-state index in [4.69, 9.17) is 0 Å². The summed E-state index contributed by atoms with van der Waals surface area (Å²) >= 11 is 0. The van der Waals surface area contributed by atoms with Gasteiger partial charge < -0.3 is 0 Å². The van der Waals surface area contributed by atoms with Crippen LogP contribution in [0.1, 0.15) is 11.3 Å². The highest BCUT2D eigenvalue weighted by Gasteiger charge is 2.35. The third-order valence-electron chi connectivity index (χ3n) is 3.87. The van der Waals surface area contributed by atoms with E-state index in [1.807, 2.05) is 0 Å². The van der Waals surface area contributed by atoms with Gasteiger partial charge >= 0.3 is 6.18 Å². The second-order valence-corrected chi connectivity index (χ2v) is 8.06. The van der Waals surface area contributed by atoms with E-state index in [0.717, 1.165) is 34.7 Å². The quantitative estimate of drug-likeness (QED) is 0.614. The van der Waals surface area contributed by atoms with Crippen molar-refractivity contribution in [3.05, 3.63) is 65.6 Å². The fourth-order valence-electron chi connectivity index (χ4n) is 2.65. The molecule has 0 aliphatic rings. The minimum atomic E-state index is -4.69. The van der Waals surface area contributed by atoms with Gasteiger partial charge in [0.25, 0.3) is 0 Å². The molecule has 9 heteroatoms. The fourth-order valence-corrected chi connectivity index (χ4v) is 3.38. The molecule has 27 heavy (non-hydrogen) atoms. The van der Waals surface area contributed by atoms with Crippen molar-refractivity contribution >= 4 is 9.84 Å². The molecule has 0 amide bonds. The highest BCUT2D eigenvalue weighted by molar-refractivity contribution is 7.90. The summed E-state index contributed by atoms with van der Waals surface area (Å²) in [5.41, 5.74) is 0.244. The molecule has 0 fully saturated rings. The zero-order chi connectivity index (χ0) is 20.0. The molecular weight excluding hydrogens is 384 g/mol. The Morgan fingerprint density at radius 2 is 1.74 bits per heavy atom. The molecule has 4 nitrogen and oxygen atoms in total. The molecule has 0 radical (unpaired) electrons. The lowest BCUT2D eigenvalue weighted by molar-refractivity contribution is -0.141. The van der Waals surface area contributed by atoms with Gasteiger partial charge in [-0.2, -0.15) is 18.3 Å². The molecule has 1 heterocycles. The summed E-state index contributed by atoms with van der Waals surface area (Å²) in [6, 6.07) is 10.7. The Hall–Kier alpha value is -2.68. The maximum atomic E-state index is 14.2. The molecule has 0 bridgehead atoms. The van der Waals surface area contributed by atoms with Crippen LogP contribution in [0.5, 0.6) is 0 Å². The minimum Gasteiger partial charge on any atom is -0.232 e. The van der Waals surface area contributed by atoms with Gasteiger partial charge in [-0.25, -0.2) is 17.5 Å². The number of benzene rings is 2. The Bertz CT molecular complexity index is 1120. The Labute approximate surface area is 153 Å². The number of alkyl halides is 3. The highest BCUT2D eigenvalue weighted by atomic mass is 32.2. The maximum Gasteiger partial charge on any atom is 0.435 e. The number of hydrogen-bond acceptors (Lipinski definition) is 3. The van der Waals surface area contributed by atoms with E-state index in [9.17, 15) is 26.0 Å². The number of rotatable bonds is 3. The van der Waals surface area contributed by atoms with Gasteiger partial charge in [0.2, 0.25) is 0 Å². The summed E-state index contributed by atoms with van der Waals surface area (Å²) in [7, 11) is -3.80. The van der Waals surface area contributed by atoms with Crippen molar-refractivity contribution in [3.8, 4) is 16.9 Å². The van der Waals surface area contributed by atoms with Gasteiger partial charge in [-0.05, 0) is 31.2 Å². The van der Waals surface area contributed by atoms with Crippen LogP contribution in [-0.4, -0.2) is 24.5 Å². The van der Waals surface area contributed by atoms with Crippen molar-refractivity contribution in [3.63, 3.8) is 0 Å². The van der Waals surface area contributed by atoms with Gasteiger partial charge in [0, 0.05) is 17.9 Å². The monoisotopic (exact) mass is 398 g/mol. The SMILES string of the molecule is Cc1cccc(-c2cc(C(F)(F)F)nn2-c2ccc(S(C)(=O)=O)c(F)c2)c1. The molecule has 3 aromatic rings. The van der Waals surface area contributed by atoms with Gasteiger partial charge in [0.05, 0.1) is 11.4 Å². The number of halogens is 4. The molecule has 1 aromatic heterocycles. The molecule has 142 valence electrons. The molecule has 2 aromatic carbocycles. The lowest BCUT2D eigenvalue weighted by atomic mass is 10.1. The number of hydrogen-bond donors (Lipinski definition) is 0. The summed E-state index contributed by atoms with van der Waals surface area (Å²) < 4.78 is 77.8. The molecule has 0 aliphatic carbocycles. The third kappa shape index (κ3) is 3.87. The molecule has 3 rings (SSSR count). The zero-order valence-electron chi connectivity index (χ0n) is 14.2. The first-order chi connectivity index (χ1) is 12.5. The first kappa shape index (κ1) is 19.1. The summed E-state index contributed by atoms with van der Waals surface area (Å²) in [4.78, 5) is -0.536. The summed E-state index contributed by atoms with van der Waals surface area (Å²) in [5.74, 6) is -1.06. The van der Waals surface area contributed by atoms with E-state index in [0.29, 0.717) is 5.56 Å². The third-order valence-corrected chi connectivity index (χ3v) is 5.00. The van der Waals surface area contributed by atoms with Crippen molar-refractivity contribution in [2.45, 2.75) is 18.0 Å². The molecule has 0 atom stereocenters. The van der Waals surface area contributed by atoms with Crippen molar-refractivity contribution in [2.24, 2.45) is 0 Å². The predicted molar refractivity (Wildman–Crippen MR) is 91.8 cm³/mol. The smallest absolute Gasteiger partial charge is 0.232 e. The molecule has 0 saturated heterocycles.